The van der Waals surface area contributed by atoms with Crippen LogP contribution in [0.3, 0.4) is 0 Å². The average Bonchev–Trinajstić information content (AvgIpc) is 2.23. The molecular formula is C12H12F4O3. The number of halogens is 4. The average molecular weight is 280 g/mol. The number of rotatable bonds is 4. The summed E-state index contributed by atoms with van der Waals surface area (Å²) in [6.45, 7) is 1.75. The number of hydrogen-bond donors (Lipinski definition) is 1. The second kappa shape index (κ2) is 5.07. The normalized spacial score (nSPS) is 12.3. The fourth-order valence-corrected chi connectivity index (χ4v) is 1.26. The summed E-state index contributed by atoms with van der Waals surface area (Å²) >= 11 is 0. The van der Waals surface area contributed by atoms with Crippen LogP contribution in [0.25, 0.3) is 0 Å². The van der Waals surface area contributed by atoms with Gasteiger partial charge in [-0.2, -0.15) is 13.2 Å². The van der Waals surface area contributed by atoms with E-state index in [9.17, 15) is 22.4 Å². The van der Waals surface area contributed by atoms with E-state index in [1.54, 1.807) is 0 Å². The molecule has 0 radical (unpaired) electrons. The number of carboxylic acids is 1. The van der Waals surface area contributed by atoms with Gasteiger partial charge in [-0.05, 0) is 32.0 Å². The smallest absolute Gasteiger partial charge is 0.419 e. The van der Waals surface area contributed by atoms with Gasteiger partial charge in [-0.1, -0.05) is 0 Å². The zero-order chi connectivity index (χ0) is 14.8. The number of aromatic carboxylic acids is 1. The van der Waals surface area contributed by atoms with Crippen LogP contribution in [0.4, 0.5) is 17.6 Å². The molecule has 1 aromatic rings. The summed E-state index contributed by atoms with van der Waals surface area (Å²) < 4.78 is 56.2. The van der Waals surface area contributed by atoms with Crippen molar-refractivity contribution in [3.8, 4) is 5.75 Å². The molecule has 7 heteroatoms. The Labute approximate surface area is 106 Å². The molecule has 1 N–H and O–H groups in total. The van der Waals surface area contributed by atoms with E-state index in [-0.39, 0.29) is 0 Å². The lowest BCUT2D eigenvalue weighted by Gasteiger charge is -2.18. The summed E-state index contributed by atoms with van der Waals surface area (Å²) in [5.74, 6) is -2.08. The van der Waals surface area contributed by atoms with E-state index in [4.69, 9.17) is 9.84 Å². The number of alkyl halides is 4. The predicted molar refractivity (Wildman–Crippen MR) is 59.1 cm³/mol. The van der Waals surface area contributed by atoms with Gasteiger partial charge in [0.2, 0.25) is 0 Å². The molecule has 1 rings (SSSR count). The van der Waals surface area contributed by atoms with Crippen molar-refractivity contribution in [2.24, 2.45) is 0 Å². The molecule has 0 saturated heterocycles. The quantitative estimate of drug-likeness (QED) is 0.858. The van der Waals surface area contributed by atoms with Crippen LogP contribution in [0.15, 0.2) is 18.2 Å². The second-order valence-corrected chi connectivity index (χ2v) is 4.52. The van der Waals surface area contributed by atoms with E-state index in [2.05, 4.69) is 0 Å². The summed E-state index contributed by atoms with van der Waals surface area (Å²) in [5, 5.41) is 8.66. The van der Waals surface area contributed by atoms with Gasteiger partial charge in [0.1, 0.15) is 18.0 Å². The van der Waals surface area contributed by atoms with Crippen LogP contribution in [-0.2, 0) is 6.18 Å². The van der Waals surface area contributed by atoms with E-state index in [0.29, 0.717) is 6.07 Å². The van der Waals surface area contributed by atoms with E-state index >= 15 is 0 Å². The predicted octanol–water partition coefficient (Wildman–Crippen LogP) is 3.53. The van der Waals surface area contributed by atoms with E-state index < -0.39 is 41.3 Å². The Kier molecular flexibility index (Phi) is 4.07. The minimum Gasteiger partial charge on any atom is -0.490 e. The molecule has 0 aliphatic carbocycles. The molecule has 0 atom stereocenters. The van der Waals surface area contributed by atoms with Gasteiger partial charge in [0.05, 0.1) is 11.1 Å². The van der Waals surface area contributed by atoms with Crippen molar-refractivity contribution in [1.29, 1.82) is 0 Å². The van der Waals surface area contributed by atoms with Crippen LogP contribution < -0.4 is 4.74 Å². The summed E-state index contributed by atoms with van der Waals surface area (Å²) in [5.41, 5.74) is -3.55. The van der Waals surface area contributed by atoms with Gasteiger partial charge < -0.3 is 9.84 Å². The van der Waals surface area contributed by atoms with Crippen LogP contribution in [0.1, 0.15) is 29.8 Å². The minimum atomic E-state index is -4.78. The molecule has 0 saturated carbocycles. The minimum absolute atomic E-state index is 0.461. The maximum atomic E-state index is 13.2. The fraction of sp³-hybridized carbons (Fsp3) is 0.417. The third kappa shape index (κ3) is 4.42. The molecule has 0 heterocycles. The van der Waals surface area contributed by atoms with Gasteiger partial charge in [0.25, 0.3) is 0 Å². The largest absolute Gasteiger partial charge is 0.490 e. The van der Waals surface area contributed by atoms with Crippen LogP contribution in [-0.4, -0.2) is 23.4 Å². The molecular weight excluding hydrogens is 268 g/mol. The summed E-state index contributed by atoms with van der Waals surface area (Å²) in [7, 11) is 0. The van der Waals surface area contributed by atoms with Crippen molar-refractivity contribution in [3.63, 3.8) is 0 Å². The standard InChI is InChI=1S/C12H12F4O3/c1-11(2,13)6-19-9-4-3-7(10(17)18)5-8(9)12(14,15)16/h3-5H,6H2,1-2H3,(H,17,18). The Morgan fingerprint density at radius 1 is 1.26 bits per heavy atom. The molecule has 0 unspecified atom stereocenters. The fourth-order valence-electron chi connectivity index (χ4n) is 1.26. The van der Waals surface area contributed by atoms with E-state index in [1.807, 2.05) is 0 Å². The van der Waals surface area contributed by atoms with Crippen molar-refractivity contribution in [1.82, 2.24) is 0 Å². The number of ether oxygens (including phenoxy) is 1. The van der Waals surface area contributed by atoms with Crippen molar-refractivity contribution < 1.29 is 32.2 Å². The maximum absolute atomic E-state index is 13.2. The van der Waals surface area contributed by atoms with Gasteiger partial charge in [0.15, 0.2) is 0 Å². The lowest BCUT2D eigenvalue weighted by atomic mass is 10.1. The third-order valence-corrected chi connectivity index (χ3v) is 2.10. The first-order chi connectivity index (χ1) is 8.50. The highest BCUT2D eigenvalue weighted by Crippen LogP contribution is 2.37. The van der Waals surface area contributed by atoms with E-state index in [1.165, 1.54) is 0 Å². The monoisotopic (exact) mass is 280 g/mol. The van der Waals surface area contributed by atoms with E-state index in [0.717, 1.165) is 26.0 Å². The molecule has 0 bridgehead atoms. The molecule has 1 aromatic carbocycles. The Morgan fingerprint density at radius 2 is 1.84 bits per heavy atom. The number of benzene rings is 1. The first-order valence-electron chi connectivity index (χ1n) is 5.27. The number of carbonyl (C=O) groups is 1. The van der Waals surface area contributed by atoms with Crippen molar-refractivity contribution >= 4 is 5.97 Å². The molecule has 3 nitrogen and oxygen atoms in total. The molecule has 19 heavy (non-hydrogen) atoms. The molecule has 0 aliphatic heterocycles. The molecule has 0 aliphatic rings. The molecule has 0 spiro atoms. The van der Waals surface area contributed by atoms with Crippen LogP contribution >= 0.6 is 0 Å². The zero-order valence-electron chi connectivity index (χ0n) is 10.2. The number of hydrogen-bond acceptors (Lipinski definition) is 2. The van der Waals surface area contributed by atoms with Gasteiger partial charge >= 0.3 is 12.1 Å². The maximum Gasteiger partial charge on any atom is 0.419 e. The molecule has 0 fully saturated rings. The van der Waals surface area contributed by atoms with Crippen LogP contribution in [0, 0.1) is 0 Å². The van der Waals surface area contributed by atoms with Crippen molar-refractivity contribution in [2.75, 3.05) is 6.61 Å². The summed E-state index contributed by atoms with van der Waals surface area (Å²) in [6.07, 6.45) is -4.78. The Morgan fingerprint density at radius 3 is 2.26 bits per heavy atom. The Hall–Kier alpha value is -1.79. The Balaban J connectivity index is 3.13. The van der Waals surface area contributed by atoms with Gasteiger partial charge in [-0.25, -0.2) is 9.18 Å². The van der Waals surface area contributed by atoms with Gasteiger partial charge in [-0.15, -0.1) is 0 Å². The van der Waals surface area contributed by atoms with Crippen LogP contribution in [0.5, 0.6) is 5.75 Å². The van der Waals surface area contributed by atoms with Gasteiger partial charge in [-0.3, -0.25) is 0 Å². The van der Waals surface area contributed by atoms with Gasteiger partial charge in [0, 0.05) is 0 Å². The highest BCUT2D eigenvalue weighted by atomic mass is 19.4. The zero-order valence-corrected chi connectivity index (χ0v) is 10.2. The highest BCUT2D eigenvalue weighted by molar-refractivity contribution is 5.88. The highest BCUT2D eigenvalue weighted by Gasteiger charge is 2.35. The molecule has 106 valence electrons. The summed E-state index contributed by atoms with van der Waals surface area (Å²) in [6, 6.07) is 2.30. The molecule has 0 amide bonds. The van der Waals surface area contributed by atoms with Crippen molar-refractivity contribution in [2.45, 2.75) is 25.7 Å². The summed E-state index contributed by atoms with van der Waals surface area (Å²) in [4.78, 5) is 10.6. The topological polar surface area (TPSA) is 46.5 Å². The SMILES string of the molecule is CC(C)(F)COc1ccc(C(=O)O)cc1C(F)(F)F. The third-order valence-electron chi connectivity index (χ3n) is 2.10. The lowest BCUT2D eigenvalue weighted by molar-refractivity contribution is -0.139. The van der Waals surface area contributed by atoms with Crippen molar-refractivity contribution in [3.05, 3.63) is 29.3 Å². The second-order valence-electron chi connectivity index (χ2n) is 4.52. The first-order valence-corrected chi connectivity index (χ1v) is 5.27. The first kappa shape index (κ1) is 15.3. The lowest BCUT2D eigenvalue weighted by Crippen LogP contribution is -2.23. The van der Waals surface area contributed by atoms with Crippen LogP contribution in [0.2, 0.25) is 0 Å². The Bertz CT molecular complexity index is 475. The molecule has 0 aromatic heterocycles. The number of carboxylic acid groups (broad SMARTS) is 1.